The van der Waals surface area contributed by atoms with Gasteiger partial charge in [-0.1, -0.05) is 0 Å². The third-order valence-corrected chi connectivity index (χ3v) is 8.58. The number of piperidine rings is 1. The zero-order valence-corrected chi connectivity index (χ0v) is 23.9. The van der Waals surface area contributed by atoms with Crippen molar-refractivity contribution >= 4 is 35.0 Å². The van der Waals surface area contributed by atoms with Crippen LogP contribution in [0.3, 0.4) is 0 Å². The number of carbonyl (C=O) groups is 3. The Labute approximate surface area is 249 Å². The summed E-state index contributed by atoms with van der Waals surface area (Å²) in [5.41, 5.74) is 5.21. The van der Waals surface area contributed by atoms with Gasteiger partial charge >= 0.3 is 6.03 Å². The topological polar surface area (TPSA) is 121 Å². The Bertz CT molecular complexity index is 1480. The molecule has 4 amide bonds. The third kappa shape index (κ3) is 6.31. The first-order valence-electron chi connectivity index (χ1n) is 14.7. The molecule has 3 aliphatic rings. The average Bonchev–Trinajstić information content (AvgIpc) is 3.80. The van der Waals surface area contributed by atoms with E-state index in [1.54, 1.807) is 42.6 Å². The summed E-state index contributed by atoms with van der Waals surface area (Å²) < 4.78 is 19.6. The van der Waals surface area contributed by atoms with E-state index in [0.29, 0.717) is 47.5 Å². The molecule has 3 N–H and O–H groups in total. The number of hydrogen-bond acceptors (Lipinski definition) is 6. The molecule has 224 valence electrons. The van der Waals surface area contributed by atoms with Gasteiger partial charge in [0, 0.05) is 43.3 Å². The molecular weight excluding hydrogens is 551 g/mol. The first-order valence-corrected chi connectivity index (χ1v) is 14.7. The lowest BCUT2D eigenvalue weighted by Crippen LogP contribution is -2.46. The molecule has 3 aromatic rings. The Kier molecular flexibility index (Phi) is 7.98. The Morgan fingerprint density at radius 3 is 2.19 bits per heavy atom. The highest BCUT2D eigenvalue weighted by Gasteiger charge is 2.57. The molecular formula is C32H35FN6O4. The van der Waals surface area contributed by atoms with Crippen LogP contribution in [0.4, 0.5) is 26.4 Å². The lowest BCUT2D eigenvalue weighted by atomic mass is 9.95. The van der Waals surface area contributed by atoms with Crippen LogP contribution in [0.15, 0.2) is 66.9 Å². The van der Waals surface area contributed by atoms with E-state index < -0.39 is 23.0 Å². The summed E-state index contributed by atoms with van der Waals surface area (Å²) in [6.45, 7) is 4.98. The number of pyridine rings is 1. The van der Waals surface area contributed by atoms with Gasteiger partial charge in [-0.2, -0.15) is 0 Å². The molecule has 43 heavy (non-hydrogen) atoms. The number of anilines is 3. The van der Waals surface area contributed by atoms with Crippen LogP contribution in [0.25, 0.3) is 0 Å². The molecule has 0 unspecified atom stereocenters. The van der Waals surface area contributed by atoms with Crippen molar-refractivity contribution in [3.63, 3.8) is 0 Å². The minimum atomic E-state index is -1.26. The number of likely N-dealkylation sites (tertiary alicyclic amines) is 2. The van der Waals surface area contributed by atoms with E-state index in [4.69, 9.17) is 10.5 Å². The molecule has 2 aromatic carbocycles. The van der Waals surface area contributed by atoms with Crippen LogP contribution in [0.2, 0.25) is 0 Å². The maximum absolute atomic E-state index is 13.6. The SMILES string of the molecule is NC(=O)C1(C(=O)N(c2ccc(F)cc2)c2ccc(Oc3ccnc(NC(=O)N4CCC(CN5CCC5)CC4)c3)cc2)CC1. The zero-order chi connectivity index (χ0) is 30.0. The Hall–Kier alpha value is -4.51. The fraction of sp³-hybridized carbons (Fsp3) is 0.375. The van der Waals surface area contributed by atoms with E-state index in [-0.39, 0.29) is 6.03 Å². The molecule has 0 spiro atoms. The number of ether oxygens (including phenoxy) is 1. The van der Waals surface area contributed by atoms with Gasteiger partial charge < -0.3 is 20.3 Å². The van der Waals surface area contributed by atoms with Crippen molar-refractivity contribution in [2.45, 2.75) is 32.1 Å². The Morgan fingerprint density at radius 2 is 1.60 bits per heavy atom. The summed E-state index contributed by atoms with van der Waals surface area (Å²) in [6.07, 6.45) is 5.61. The first kappa shape index (κ1) is 28.6. The summed E-state index contributed by atoms with van der Waals surface area (Å²) in [5.74, 6) is 0.431. The number of rotatable bonds is 9. The highest BCUT2D eigenvalue weighted by Crippen LogP contribution is 2.49. The summed E-state index contributed by atoms with van der Waals surface area (Å²) >= 11 is 0. The van der Waals surface area contributed by atoms with Gasteiger partial charge in [0.15, 0.2) is 0 Å². The van der Waals surface area contributed by atoms with Gasteiger partial charge in [-0.05, 0) is 106 Å². The highest BCUT2D eigenvalue weighted by molar-refractivity contribution is 6.16. The molecule has 2 aliphatic heterocycles. The van der Waals surface area contributed by atoms with Crippen molar-refractivity contribution in [1.82, 2.24) is 14.8 Å². The van der Waals surface area contributed by atoms with Crippen molar-refractivity contribution in [3.05, 3.63) is 72.7 Å². The van der Waals surface area contributed by atoms with E-state index in [2.05, 4.69) is 15.2 Å². The standard InChI is InChI=1S/C32H35FN6O4/c33-23-2-4-24(5-3-23)39(30(41)32(13-14-32)29(34)40)25-6-8-26(9-7-25)43-27-10-15-35-28(20-27)36-31(42)38-18-11-22(12-19-38)21-37-16-1-17-37/h2-10,15,20,22H,1,11-14,16-19,21H2,(H2,34,40)(H,35,36,42). The molecule has 2 saturated heterocycles. The number of nitrogens with one attached hydrogen (secondary N) is 1. The summed E-state index contributed by atoms with van der Waals surface area (Å²) in [6, 6.07) is 15.4. The smallest absolute Gasteiger partial charge is 0.323 e. The van der Waals surface area contributed by atoms with Crippen molar-refractivity contribution in [3.8, 4) is 11.5 Å². The molecule has 10 nitrogen and oxygen atoms in total. The Morgan fingerprint density at radius 1 is 0.953 bits per heavy atom. The van der Waals surface area contributed by atoms with E-state index in [1.165, 1.54) is 48.7 Å². The minimum Gasteiger partial charge on any atom is -0.457 e. The van der Waals surface area contributed by atoms with Gasteiger partial charge in [-0.25, -0.2) is 14.2 Å². The molecule has 1 aromatic heterocycles. The van der Waals surface area contributed by atoms with Crippen molar-refractivity contribution in [1.29, 1.82) is 0 Å². The van der Waals surface area contributed by atoms with Crippen LogP contribution >= 0.6 is 0 Å². The lowest BCUT2D eigenvalue weighted by Gasteiger charge is -2.38. The molecule has 0 atom stereocenters. The number of carbonyl (C=O) groups excluding carboxylic acids is 3. The van der Waals surface area contributed by atoms with Crippen molar-refractivity contribution in [2.24, 2.45) is 17.1 Å². The molecule has 3 fully saturated rings. The molecule has 11 heteroatoms. The number of aromatic nitrogens is 1. The molecule has 1 aliphatic carbocycles. The van der Waals surface area contributed by atoms with Crippen molar-refractivity contribution in [2.75, 3.05) is 42.9 Å². The van der Waals surface area contributed by atoms with Crippen LogP contribution in [-0.4, -0.2) is 65.4 Å². The summed E-state index contributed by atoms with van der Waals surface area (Å²) in [4.78, 5) is 48.5. The number of urea groups is 1. The normalized spacial score (nSPS) is 17.9. The predicted molar refractivity (Wildman–Crippen MR) is 160 cm³/mol. The van der Waals surface area contributed by atoms with Crippen LogP contribution in [0, 0.1) is 17.2 Å². The molecule has 1 saturated carbocycles. The van der Waals surface area contributed by atoms with Gasteiger partial charge in [0.2, 0.25) is 11.8 Å². The van der Waals surface area contributed by atoms with Crippen LogP contribution in [0.1, 0.15) is 32.1 Å². The van der Waals surface area contributed by atoms with Crippen LogP contribution in [0.5, 0.6) is 11.5 Å². The number of halogens is 1. The average molecular weight is 587 g/mol. The van der Waals surface area contributed by atoms with Crippen LogP contribution in [-0.2, 0) is 9.59 Å². The number of hydrogen-bond donors (Lipinski definition) is 2. The second-order valence-corrected chi connectivity index (χ2v) is 11.6. The van der Waals surface area contributed by atoms with Gasteiger partial charge in [-0.3, -0.25) is 19.8 Å². The van der Waals surface area contributed by atoms with Crippen molar-refractivity contribution < 1.29 is 23.5 Å². The monoisotopic (exact) mass is 586 g/mol. The maximum Gasteiger partial charge on any atom is 0.323 e. The molecule has 0 bridgehead atoms. The maximum atomic E-state index is 13.6. The summed E-state index contributed by atoms with van der Waals surface area (Å²) in [5, 5.41) is 2.88. The molecule has 3 heterocycles. The number of amides is 4. The highest BCUT2D eigenvalue weighted by atomic mass is 19.1. The molecule has 0 radical (unpaired) electrons. The van der Waals surface area contributed by atoms with Gasteiger partial charge in [0.25, 0.3) is 0 Å². The number of primary amides is 1. The predicted octanol–water partition coefficient (Wildman–Crippen LogP) is 4.89. The second-order valence-electron chi connectivity index (χ2n) is 11.6. The quantitative estimate of drug-likeness (QED) is 0.345. The largest absolute Gasteiger partial charge is 0.457 e. The number of nitrogens with two attached hydrogens (primary N) is 1. The summed E-state index contributed by atoms with van der Waals surface area (Å²) in [7, 11) is 0. The first-order chi connectivity index (χ1) is 20.8. The fourth-order valence-corrected chi connectivity index (χ4v) is 5.66. The van der Waals surface area contributed by atoms with Crippen LogP contribution < -0.4 is 20.7 Å². The van der Waals surface area contributed by atoms with Gasteiger partial charge in [-0.15, -0.1) is 0 Å². The Balaban J connectivity index is 1.10. The third-order valence-electron chi connectivity index (χ3n) is 8.58. The van der Waals surface area contributed by atoms with E-state index in [9.17, 15) is 18.8 Å². The van der Waals surface area contributed by atoms with Gasteiger partial charge in [0.05, 0.1) is 0 Å². The second kappa shape index (κ2) is 12.0. The van der Waals surface area contributed by atoms with Gasteiger partial charge in [0.1, 0.15) is 28.5 Å². The van der Waals surface area contributed by atoms with E-state index in [1.807, 2.05) is 4.90 Å². The fourth-order valence-electron chi connectivity index (χ4n) is 5.66. The number of benzene rings is 2. The molecule has 6 rings (SSSR count). The van der Waals surface area contributed by atoms with E-state index >= 15 is 0 Å². The minimum absolute atomic E-state index is 0.175. The lowest BCUT2D eigenvalue weighted by molar-refractivity contribution is -0.133. The van der Waals surface area contributed by atoms with E-state index in [0.717, 1.165) is 32.5 Å². The zero-order valence-electron chi connectivity index (χ0n) is 23.9. The number of nitrogens with zero attached hydrogens (tertiary/aromatic N) is 4.